The summed E-state index contributed by atoms with van der Waals surface area (Å²) in [6.07, 6.45) is 4.55. The summed E-state index contributed by atoms with van der Waals surface area (Å²) in [5.41, 5.74) is 2.72. The van der Waals surface area contributed by atoms with Crippen molar-refractivity contribution in [3.05, 3.63) is 81.8 Å². The fourth-order valence-corrected chi connectivity index (χ4v) is 3.49. The van der Waals surface area contributed by atoms with E-state index in [1.807, 2.05) is 12.1 Å². The number of hydrogen-bond donors (Lipinski definition) is 0. The van der Waals surface area contributed by atoms with Gasteiger partial charge in [-0.15, -0.1) is 0 Å². The molecule has 0 heterocycles. The molecular weight excluding hydrogens is 335 g/mol. The highest BCUT2D eigenvalue weighted by atomic mass is 35.5. The van der Waals surface area contributed by atoms with Crippen LogP contribution in [0.3, 0.4) is 0 Å². The third-order valence-corrected chi connectivity index (χ3v) is 5.44. The normalized spacial score (nSPS) is 12.5. The summed E-state index contributed by atoms with van der Waals surface area (Å²) in [6, 6.07) is 21.2. The number of aryl methyl sites for hydroxylation is 2. The van der Waals surface area contributed by atoms with Crippen molar-refractivity contribution in [1.82, 2.24) is 0 Å². The summed E-state index contributed by atoms with van der Waals surface area (Å²) in [5, 5.41) is 4.00. The van der Waals surface area contributed by atoms with Crippen LogP contribution in [0.2, 0.25) is 10.0 Å². The van der Waals surface area contributed by atoms with Gasteiger partial charge in [0.25, 0.3) is 0 Å². The van der Waals surface area contributed by atoms with Gasteiger partial charge in [0.05, 0.1) is 10.0 Å². The van der Waals surface area contributed by atoms with Gasteiger partial charge in [0.2, 0.25) is 0 Å². The van der Waals surface area contributed by atoms with Crippen LogP contribution >= 0.6 is 23.2 Å². The van der Waals surface area contributed by atoms with E-state index in [0.29, 0.717) is 16.0 Å². The van der Waals surface area contributed by atoms with Gasteiger partial charge >= 0.3 is 0 Å². The van der Waals surface area contributed by atoms with E-state index < -0.39 is 0 Å². The molecule has 0 fully saturated rings. The Morgan fingerprint density at radius 3 is 2.38 bits per heavy atom. The van der Waals surface area contributed by atoms with E-state index >= 15 is 0 Å². The zero-order chi connectivity index (χ0) is 16.9. The molecule has 0 aliphatic carbocycles. The highest BCUT2D eigenvalue weighted by Crippen LogP contribution is 2.25. The average Bonchev–Trinajstić information content (AvgIpc) is 2.61. The van der Waals surface area contributed by atoms with Gasteiger partial charge in [-0.2, -0.15) is 0 Å². The van der Waals surface area contributed by atoms with E-state index in [1.54, 1.807) is 0 Å². The summed E-state index contributed by atoms with van der Waals surface area (Å²) < 4.78 is 0. The van der Waals surface area contributed by atoms with Crippen molar-refractivity contribution < 1.29 is 0 Å². The minimum Gasteiger partial charge on any atom is -0.0827 e. The molecule has 0 bridgehead atoms. The van der Waals surface area contributed by atoms with Crippen LogP contribution in [0, 0.1) is 5.92 Å². The smallest absolute Gasteiger partial charge is 0.0595 e. The van der Waals surface area contributed by atoms with Gasteiger partial charge in [-0.05, 0) is 65.6 Å². The summed E-state index contributed by atoms with van der Waals surface area (Å²) in [5.74, 6) is 0.679. The minimum atomic E-state index is 0.629. The number of fused-ring (bicyclic) bond motifs is 1. The monoisotopic (exact) mass is 356 g/mol. The summed E-state index contributed by atoms with van der Waals surface area (Å²) >= 11 is 12.1. The Balaban J connectivity index is 1.57. The topological polar surface area (TPSA) is 0 Å². The van der Waals surface area contributed by atoms with Crippen LogP contribution in [0.5, 0.6) is 0 Å². The Kier molecular flexibility index (Phi) is 5.81. The van der Waals surface area contributed by atoms with Crippen LogP contribution in [0.15, 0.2) is 60.7 Å². The Morgan fingerprint density at radius 1 is 0.792 bits per heavy atom. The van der Waals surface area contributed by atoms with Crippen LogP contribution in [0.4, 0.5) is 0 Å². The zero-order valence-corrected chi connectivity index (χ0v) is 15.4. The third kappa shape index (κ3) is 4.32. The first-order valence-corrected chi connectivity index (χ1v) is 9.29. The Labute approximate surface area is 154 Å². The minimum absolute atomic E-state index is 0.629. The van der Waals surface area contributed by atoms with Crippen molar-refractivity contribution in [1.29, 1.82) is 0 Å². The summed E-state index contributed by atoms with van der Waals surface area (Å²) in [7, 11) is 0. The molecular formula is C22H22Cl2. The molecule has 0 saturated carbocycles. The predicted octanol–water partition coefficient (Wildman–Crippen LogP) is 7.35. The fraction of sp³-hybridized carbons (Fsp3) is 0.273. The van der Waals surface area contributed by atoms with Crippen LogP contribution < -0.4 is 0 Å². The first-order valence-electron chi connectivity index (χ1n) is 8.54. The molecule has 0 spiro atoms. The molecule has 3 rings (SSSR count). The lowest BCUT2D eigenvalue weighted by Crippen LogP contribution is -2.00. The van der Waals surface area contributed by atoms with E-state index in [4.69, 9.17) is 23.2 Å². The van der Waals surface area contributed by atoms with Gasteiger partial charge in [-0.1, -0.05) is 78.7 Å². The highest BCUT2D eigenvalue weighted by molar-refractivity contribution is 6.42. The second kappa shape index (κ2) is 8.05. The molecule has 0 N–H and O–H groups in total. The summed E-state index contributed by atoms with van der Waals surface area (Å²) in [6.45, 7) is 2.34. The molecule has 1 unspecified atom stereocenters. The van der Waals surface area contributed by atoms with Crippen molar-refractivity contribution in [3.63, 3.8) is 0 Å². The number of benzene rings is 3. The van der Waals surface area contributed by atoms with E-state index in [1.165, 1.54) is 34.7 Å². The van der Waals surface area contributed by atoms with E-state index in [9.17, 15) is 0 Å². The molecule has 0 saturated heterocycles. The van der Waals surface area contributed by atoms with E-state index in [-0.39, 0.29) is 0 Å². The molecule has 2 heteroatoms. The molecule has 1 atom stereocenters. The quantitative estimate of drug-likeness (QED) is 0.433. The van der Waals surface area contributed by atoms with Gasteiger partial charge in [0, 0.05) is 0 Å². The Bertz CT molecular complexity index is 818. The lowest BCUT2D eigenvalue weighted by Gasteiger charge is -2.13. The van der Waals surface area contributed by atoms with Crippen LogP contribution in [-0.4, -0.2) is 0 Å². The lowest BCUT2D eigenvalue weighted by atomic mass is 9.93. The second-order valence-electron chi connectivity index (χ2n) is 6.57. The van der Waals surface area contributed by atoms with Gasteiger partial charge in [0.1, 0.15) is 0 Å². The fourth-order valence-electron chi connectivity index (χ4n) is 3.16. The van der Waals surface area contributed by atoms with Crippen molar-refractivity contribution >= 4 is 34.0 Å². The molecule has 124 valence electrons. The van der Waals surface area contributed by atoms with Crippen LogP contribution in [0.1, 0.15) is 30.9 Å². The van der Waals surface area contributed by atoms with Crippen LogP contribution in [0.25, 0.3) is 10.8 Å². The van der Waals surface area contributed by atoms with Crippen molar-refractivity contribution in [2.75, 3.05) is 0 Å². The van der Waals surface area contributed by atoms with Gasteiger partial charge in [-0.3, -0.25) is 0 Å². The molecule has 24 heavy (non-hydrogen) atoms. The van der Waals surface area contributed by atoms with E-state index in [0.717, 1.165) is 12.8 Å². The maximum Gasteiger partial charge on any atom is 0.0595 e. The first kappa shape index (κ1) is 17.3. The first-order chi connectivity index (χ1) is 11.6. The zero-order valence-electron chi connectivity index (χ0n) is 13.9. The van der Waals surface area contributed by atoms with Crippen molar-refractivity contribution in [3.8, 4) is 0 Å². The molecule has 0 aromatic heterocycles. The molecule has 3 aromatic carbocycles. The van der Waals surface area contributed by atoms with Gasteiger partial charge in [0.15, 0.2) is 0 Å². The molecule has 3 aromatic rings. The predicted molar refractivity (Wildman–Crippen MR) is 106 cm³/mol. The highest BCUT2D eigenvalue weighted by Gasteiger charge is 2.07. The average molecular weight is 357 g/mol. The SMILES string of the molecule is CC(CCc1ccc(Cl)c(Cl)c1)CCc1cccc2ccccc12. The molecule has 0 aliphatic rings. The molecule has 0 nitrogen and oxygen atoms in total. The number of hydrogen-bond acceptors (Lipinski definition) is 0. The molecule has 0 radical (unpaired) electrons. The second-order valence-corrected chi connectivity index (χ2v) is 7.38. The lowest BCUT2D eigenvalue weighted by molar-refractivity contribution is 0.493. The maximum atomic E-state index is 6.09. The largest absolute Gasteiger partial charge is 0.0827 e. The summed E-state index contributed by atoms with van der Waals surface area (Å²) in [4.78, 5) is 0. The van der Waals surface area contributed by atoms with Gasteiger partial charge in [-0.25, -0.2) is 0 Å². The van der Waals surface area contributed by atoms with Crippen molar-refractivity contribution in [2.24, 2.45) is 5.92 Å². The van der Waals surface area contributed by atoms with Crippen molar-refractivity contribution in [2.45, 2.75) is 32.6 Å². The third-order valence-electron chi connectivity index (χ3n) is 4.70. The maximum absolute atomic E-state index is 6.09. The number of rotatable bonds is 6. The molecule has 0 amide bonds. The molecule has 0 aliphatic heterocycles. The van der Waals surface area contributed by atoms with Crippen LogP contribution in [-0.2, 0) is 12.8 Å². The van der Waals surface area contributed by atoms with Gasteiger partial charge < -0.3 is 0 Å². The Hall–Kier alpha value is -1.50. The number of halogens is 2. The Morgan fingerprint density at radius 2 is 1.54 bits per heavy atom. The standard InChI is InChI=1S/C22H22Cl2/c1-16(9-11-17-12-14-21(23)22(24)15-17)10-13-19-7-4-6-18-5-2-3-8-20(18)19/h2-8,12,14-16H,9-11,13H2,1H3. The van der Waals surface area contributed by atoms with E-state index in [2.05, 4.69) is 55.5 Å².